The van der Waals surface area contributed by atoms with Crippen molar-refractivity contribution in [2.24, 2.45) is 0 Å². The molecule has 0 aliphatic carbocycles. The molecule has 0 saturated carbocycles. The van der Waals surface area contributed by atoms with Crippen LogP contribution < -0.4 is 5.73 Å². The van der Waals surface area contributed by atoms with Gasteiger partial charge in [-0.05, 0) is 19.1 Å². The van der Waals surface area contributed by atoms with Gasteiger partial charge in [0.2, 0.25) is 0 Å². The average molecular weight is 308 g/mol. The molecule has 96 valence electrons. The molecule has 0 fully saturated rings. The summed E-state index contributed by atoms with van der Waals surface area (Å²) in [6.07, 6.45) is 0. The Morgan fingerprint density at radius 2 is 2.11 bits per heavy atom. The number of hydrogen-bond donors (Lipinski definition) is 1. The van der Waals surface area contributed by atoms with Gasteiger partial charge < -0.3 is 10.3 Å². The molecule has 2 rings (SSSR count). The number of nitrogen functional groups attached to an aromatic ring is 1. The van der Waals surface area contributed by atoms with Crippen molar-refractivity contribution in [2.45, 2.75) is 33.2 Å². The second-order valence-electron chi connectivity index (χ2n) is 4.61. The van der Waals surface area contributed by atoms with E-state index in [1.807, 2.05) is 24.3 Å². The fourth-order valence-electron chi connectivity index (χ4n) is 2.10. The molecule has 3 nitrogen and oxygen atoms in total. The fourth-order valence-corrected chi connectivity index (χ4v) is 2.50. The lowest BCUT2D eigenvalue weighted by molar-refractivity contribution is 0.658. The highest BCUT2D eigenvalue weighted by molar-refractivity contribution is 9.10. The molecule has 0 bridgehead atoms. The van der Waals surface area contributed by atoms with E-state index in [4.69, 9.17) is 10.7 Å². The first kappa shape index (κ1) is 13.1. The van der Waals surface area contributed by atoms with Crippen molar-refractivity contribution in [2.75, 3.05) is 5.73 Å². The van der Waals surface area contributed by atoms with E-state index in [-0.39, 0.29) is 0 Å². The minimum absolute atomic E-state index is 0.369. The monoisotopic (exact) mass is 307 g/mol. The number of anilines is 1. The van der Waals surface area contributed by atoms with E-state index in [9.17, 15) is 0 Å². The molecule has 0 radical (unpaired) electrons. The Bertz CT molecular complexity index is 558. The number of aromatic nitrogens is 2. The fraction of sp³-hybridized carbons (Fsp3) is 0.357. The van der Waals surface area contributed by atoms with Crippen LogP contribution in [-0.4, -0.2) is 9.55 Å². The summed E-state index contributed by atoms with van der Waals surface area (Å²) in [4.78, 5) is 4.71. The largest absolute Gasteiger partial charge is 0.383 e. The SMILES string of the molecule is CCn1c(C(C)C)nc(-c2cccc(Br)c2)c1N. The predicted octanol–water partition coefficient (Wildman–Crippen LogP) is 4.04. The molecule has 0 aliphatic heterocycles. The second kappa shape index (κ2) is 5.14. The van der Waals surface area contributed by atoms with Gasteiger partial charge in [-0.25, -0.2) is 4.98 Å². The first-order valence-electron chi connectivity index (χ1n) is 6.16. The lowest BCUT2D eigenvalue weighted by Crippen LogP contribution is -2.06. The van der Waals surface area contributed by atoms with Gasteiger partial charge >= 0.3 is 0 Å². The van der Waals surface area contributed by atoms with Crippen molar-refractivity contribution in [3.63, 3.8) is 0 Å². The molecule has 0 aliphatic rings. The topological polar surface area (TPSA) is 43.8 Å². The summed E-state index contributed by atoms with van der Waals surface area (Å²) < 4.78 is 3.12. The van der Waals surface area contributed by atoms with Crippen LogP contribution in [0, 0.1) is 0 Å². The molecule has 0 saturated heterocycles. The van der Waals surface area contributed by atoms with Gasteiger partial charge in [-0.1, -0.05) is 41.9 Å². The zero-order chi connectivity index (χ0) is 13.3. The summed E-state index contributed by atoms with van der Waals surface area (Å²) in [5, 5.41) is 0. The lowest BCUT2D eigenvalue weighted by Gasteiger charge is -2.08. The molecule has 0 atom stereocenters. The van der Waals surface area contributed by atoms with Gasteiger partial charge in [0.15, 0.2) is 0 Å². The van der Waals surface area contributed by atoms with Crippen LogP contribution in [-0.2, 0) is 6.54 Å². The second-order valence-corrected chi connectivity index (χ2v) is 5.53. The van der Waals surface area contributed by atoms with E-state index < -0.39 is 0 Å². The first-order valence-corrected chi connectivity index (χ1v) is 6.95. The number of hydrogen-bond acceptors (Lipinski definition) is 2. The molecule has 4 heteroatoms. The minimum atomic E-state index is 0.369. The first-order chi connectivity index (χ1) is 8.54. The number of benzene rings is 1. The van der Waals surface area contributed by atoms with Crippen LogP contribution in [0.4, 0.5) is 5.82 Å². The van der Waals surface area contributed by atoms with E-state index in [1.54, 1.807) is 0 Å². The van der Waals surface area contributed by atoms with E-state index in [2.05, 4.69) is 41.3 Å². The Hall–Kier alpha value is -1.29. The van der Waals surface area contributed by atoms with Crippen molar-refractivity contribution in [1.29, 1.82) is 0 Å². The molecule has 18 heavy (non-hydrogen) atoms. The Balaban J connectivity index is 2.59. The summed E-state index contributed by atoms with van der Waals surface area (Å²) in [6, 6.07) is 8.08. The van der Waals surface area contributed by atoms with Crippen molar-refractivity contribution in [3.8, 4) is 11.3 Å². The maximum atomic E-state index is 6.22. The summed E-state index contributed by atoms with van der Waals surface area (Å²) in [5.74, 6) is 2.16. The number of nitrogens with two attached hydrogens (primary N) is 1. The van der Waals surface area contributed by atoms with Crippen molar-refractivity contribution in [3.05, 3.63) is 34.6 Å². The number of imidazole rings is 1. The van der Waals surface area contributed by atoms with Gasteiger partial charge in [-0.15, -0.1) is 0 Å². The maximum absolute atomic E-state index is 6.22. The molecular formula is C14H18BrN3. The zero-order valence-corrected chi connectivity index (χ0v) is 12.5. The van der Waals surface area contributed by atoms with Gasteiger partial charge in [-0.2, -0.15) is 0 Å². The standard InChI is InChI=1S/C14H18BrN3/c1-4-18-13(16)12(17-14(18)9(2)3)10-6-5-7-11(15)8-10/h5-9H,4,16H2,1-3H3. The van der Waals surface area contributed by atoms with E-state index >= 15 is 0 Å². The third-order valence-corrected chi connectivity index (χ3v) is 3.46. The smallest absolute Gasteiger partial charge is 0.131 e. The van der Waals surface area contributed by atoms with Crippen LogP contribution in [0.25, 0.3) is 11.3 Å². The van der Waals surface area contributed by atoms with Crippen LogP contribution in [0.1, 0.15) is 32.5 Å². The maximum Gasteiger partial charge on any atom is 0.131 e. The highest BCUT2D eigenvalue weighted by Gasteiger charge is 2.17. The molecule has 1 aromatic heterocycles. The van der Waals surface area contributed by atoms with Crippen LogP contribution >= 0.6 is 15.9 Å². The van der Waals surface area contributed by atoms with Gasteiger partial charge in [0.25, 0.3) is 0 Å². The van der Waals surface area contributed by atoms with Crippen LogP contribution in [0.3, 0.4) is 0 Å². The molecule has 0 amide bonds. The molecule has 2 aromatic rings. The third-order valence-electron chi connectivity index (χ3n) is 2.97. The lowest BCUT2D eigenvalue weighted by atomic mass is 10.1. The normalized spacial score (nSPS) is 11.2. The molecule has 1 aromatic carbocycles. The van der Waals surface area contributed by atoms with Gasteiger partial charge in [0.05, 0.1) is 0 Å². The molecule has 0 unspecified atom stereocenters. The molecule has 1 heterocycles. The zero-order valence-electron chi connectivity index (χ0n) is 10.9. The van der Waals surface area contributed by atoms with E-state index in [1.165, 1.54) is 0 Å². The van der Waals surface area contributed by atoms with Crippen LogP contribution in [0.5, 0.6) is 0 Å². The Kier molecular flexibility index (Phi) is 3.76. The Morgan fingerprint density at radius 3 is 2.61 bits per heavy atom. The molecule has 0 spiro atoms. The van der Waals surface area contributed by atoms with Crippen LogP contribution in [0.15, 0.2) is 28.7 Å². The third kappa shape index (κ3) is 2.29. The van der Waals surface area contributed by atoms with Crippen molar-refractivity contribution in [1.82, 2.24) is 9.55 Å². The molecular weight excluding hydrogens is 290 g/mol. The summed E-state index contributed by atoms with van der Waals surface area (Å²) in [6.45, 7) is 7.21. The van der Waals surface area contributed by atoms with Gasteiger partial charge in [0, 0.05) is 22.5 Å². The number of rotatable bonds is 3. The van der Waals surface area contributed by atoms with E-state index in [0.29, 0.717) is 5.92 Å². The number of nitrogens with zero attached hydrogens (tertiary/aromatic N) is 2. The number of halogens is 1. The molecule has 2 N–H and O–H groups in total. The van der Waals surface area contributed by atoms with Crippen LogP contribution in [0.2, 0.25) is 0 Å². The van der Waals surface area contributed by atoms with E-state index in [0.717, 1.165) is 33.9 Å². The quantitative estimate of drug-likeness (QED) is 0.930. The van der Waals surface area contributed by atoms with Crippen molar-refractivity contribution >= 4 is 21.7 Å². The van der Waals surface area contributed by atoms with Gasteiger partial charge in [-0.3, -0.25) is 0 Å². The minimum Gasteiger partial charge on any atom is -0.383 e. The van der Waals surface area contributed by atoms with Crippen molar-refractivity contribution < 1.29 is 0 Å². The highest BCUT2D eigenvalue weighted by Crippen LogP contribution is 2.30. The Labute approximate surface area is 116 Å². The predicted molar refractivity (Wildman–Crippen MR) is 79.5 cm³/mol. The summed E-state index contributed by atoms with van der Waals surface area (Å²) >= 11 is 3.48. The highest BCUT2D eigenvalue weighted by atomic mass is 79.9. The summed E-state index contributed by atoms with van der Waals surface area (Å²) in [7, 11) is 0. The van der Waals surface area contributed by atoms with Gasteiger partial charge in [0.1, 0.15) is 17.3 Å². The Morgan fingerprint density at radius 1 is 1.39 bits per heavy atom. The summed E-state index contributed by atoms with van der Waals surface area (Å²) in [5.41, 5.74) is 8.15. The average Bonchev–Trinajstić information content (AvgIpc) is 2.66.